The first-order valence-electron chi connectivity index (χ1n) is 10.1. The summed E-state index contributed by atoms with van der Waals surface area (Å²) in [5.41, 5.74) is 12.0. The second-order valence-electron chi connectivity index (χ2n) is 7.76. The van der Waals surface area contributed by atoms with Gasteiger partial charge in [0.05, 0.1) is 0 Å². The van der Waals surface area contributed by atoms with Crippen LogP contribution in [-0.2, 0) is 17.6 Å². The van der Waals surface area contributed by atoms with Crippen LogP contribution in [0.4, 0.5) is 10.1 Å². The minimum absolute atomic E-state index is 0.212. The molecule has 0 bridgehead atoms. The highest BCUT2D eigenvalue weighted by molar-refractivity contribution is 6.08. The van der Waals surface area contributed by atoms with Crippen LogP contribution in [0.5, 0.6) is 0 Å². The normalized spacial score (nSPS) is 13.2. The number of hydrogen-bond acceptors (Lipinski definition) is 2. The number of benzene rings is 3. The lowest BCUT2D eigenvalue weighted by Crippen LogP contribution is -2.27. The molecule has 1 heterocycles. The smallest absolute Gasteiger partial charge is 0.302 e. The van der Waals surface area contributed by atoms with E-state index in [9.17, 15) is 9.59 Å². The first-order valence-corrected chi connectivity index (χ1v) is 10.1. The van der Waals surface area contributed by atoms with Gasteiger partial charge in [-0.2, -0.15) is 0 Å². The zero-order chi connectivity index (χ0) is 21.7. The van der Waals surface area contributed by atoms with Gasteiger partial charge in [-0.25, -0.2) is 4.39 Å². The Morgan fingerprint density at radius 2 is 1.87 bits per heavy atom. The Labute approximate surface area is 179 Å². The van der Waals surface area contributed by atoms with Crippen molar-refractivity contribution >= 4 is 17.5 Å². The molecule has 0 saturated heterocycles. The summed E-state index contributed by atoms with van der Waals surface area (Å²) in [7, 11) is 0. The van der Waals surface area contributed by atoms with Gasteiger partial charge >= 0.3 is 5.91 Å². The number of primary amides is 1. The van der Waals surface area contributed by atoms with Gasteiger partial charge in [0.1, 0.15) is 5.82 Å². The molecule has 1 aliphatic carbocycles. The van der Waals surface area contributed by atoms with Crippen molar-refractivity contribution < 1.29 is 14.0 Å². The standard InChI is InChI=1S/C26H19FN2O2/c1-2-5-23(30)29-11-10-15-8-9-17(13-22(15)29)24-21(27)14-20(26(28)31)19-12-16-6-3-4-7-18(16)25(19)24/h3-4,6-9,13-14H,10-12H2,1H3,(H2,28,31). The first kappa shape index (κ1) is 19.1. The molecular formula is C26H19FN2O2. The number of anilines is 1. The van der Waals surface area contributed by atoms with E-state index in [-0.39, 0.29) is 11.5 Å². The molecule has 0 saturated carbocycles. The zero-order valence-electron chi connectivity index (χ0n) is 17.0. The number of carbonyl (C=O) groups excluding carboxylic acids is 2. The van der Waals surface area contributed by atoms with Crippen molar-refractivity contribution in [3.05, 3.63) is 76.6 Å². The van der Waals surface area contributed by atoms with Crippen LogP contribution in [-0.4, -0.2) is 18.4 Å². The maximum absolute atomic E-state index is 15.5. The topological polar surface area (TPSA) is 63.4 Å². The largest absolute Gasteiger partial charge is 0.366 e. The summed E-state index contributed by atoms with van der Waals surface area (Å²) in [4.78, 5) is 26.1. The van der Waals surface area contributed by atoms with Gasteiger partial charge in [0, 0.05) is 23.4 Å². The Hall–Kier alpha value is -3.91. The molecule has 0 aromatic heterocycles. The minimum atomic E-state index is -0.640. The van der Waals surface area contributed by atoms with Crippen molar-refractivity contribution in [2.45, 2.75) is 19.8 Å². The molecule has 0 radical (unpaired) electrons. The van der Waals surface area contributed by atoms with Gasteiger partial charge in [-0.05, 0) is 71.2 Å². The van der Waals surface area contributed by atoms with E-state index in [1.807, 2.05) is 42.5 Å². The van der Waals surface area contributed by atoms with Crippen molar-refractivity contribution in [2.24, 2.45) is 5.73 Å². The van der Waals surface area contributed by atoms with Crippen LogP contribution in [0.15, 0.2) is 48.5 Å². The fourth-order valence-electron chi connectivity index (χ4n) is 4.70. The number of nitrogens with two attached hydrogens (primary N) is 1. The Balaban J connectivity index is 1.74. The van der Waals surface area contributed by atoms with E-state index in [0.717, 1.165) is 34.4 Å². The third-order valence-electron chi connectivity index (χ3n) is 6.05. The average molecular weight is 410 g/mol. The molecule has 0 atom stereocenters. The molecule has 1 aliphatic heterocycles. The van der Waals surface area contributed by atoms with Crippen LogP contribution in [0.3, 0.4) is 0 Å². The maximum atomic E-state index is 15.5. The molecule has 5 heteroatoms. The van der Waals surface area contributed by atoms with E-state index in [1.54, 1.807) is 11.8 Å². The molecule has 5 rings (SSSR count). The van der Waals surface area contributed by atoms with E-state index in [4.69, 9.17) is 5.73 Å². The predicted molar refractivity (Wildman–Crippen MR) is 118 cm³/mol. The molecule has 31 heavy (non-hydrogen) atoms. The Morgan fingerprint density at radius 3 is 2.65 bits per heavy atom. The van der Waals surface area contributed by atoms with Crippen LogP contribution in [0.1, 0.15) is 34.0 Å². The van der Waals surface area contributed by atoms with Crippen LogP contribution >= 0.6 is 0 Å². The van der Waals surface area contributed by atoms with Crippen molar-refractivity contribution in [3.63, 3.8) is 0 Å². The highest BCUT2D eigenvalue weighted by Crippen LogP contribution is 2.46. The lowest BCUT2D eigenvalue weighted by Gasteiger charge is -2.18. The van der Waals surface area contributed by atoms with Crippen molar-refractivity contribution in [1.82, 2.24) is 0 Å². The third kappa shape index (κ3) is 2.91. The van der Waals surface area contributed by atoms with Gasteiger partial charge in [-0.15, -0.1) is 0 Å². The zero-order valence-corrected chi connectivity index (χ0v) is 17.0. The molecule has 0 unspecified atom stereocenters. The number of amides is 2. The molecule has 3 aromatic carbocycles. The summed E-state index contributed by atoms with van der Waals surface area (Å²) in [6.07, 6.45) is 1.26. The van der Waals surface area contributed by atoms with Crippen molar-refractivity contribution in [3.8, 4) is 34.1 Å². The number of hydrogen-bond donors (Lipinski definition) is 1. The van der Waals surface area contributed by atoms with Gasteiger partial charge < -0.3 is 10.6 Å². The number of nitrogens with zero attached hydrogens (tertiary/aromatic N) is 1. The third-order valence-corrected chi connectivity index (χ3v) is 6.05. The summed E-state index contributed by atoms with van der Waals surface area (Å²) in [5, 5.41) is 0. The van der Waals surface area contributed by atoms with Gasteiger partial charge in [-0.3, -0.25) is 9.59 Å². The SMILES string of the molecule is CC#CC(=O)N1CCc2ccc(-c3c(F)cc(C(N)=O)c4c3-c3ccccc3C4)cc21. The summed E-state index contributed by atoms with van der Waals surface area (Å²) >= 11 is 0. The van der Waals surface area contributed by atoms with Gasteiger partial charge in [0.2, 0.25) is 5.91 Å². The summed E-state index contributed by atoms with van der Waals surface area (Å²) < 4.78 is 15.5. The predicted octanol–water partition coefficient (Wildman–Crippen LogP) is 4.08. The Kier molecular flexibility index (Phi) is 4.37. The summed E-state index contributed by atoms with van der Waals surface area (Å²) in [5.74, 6) is 3.82. The van der Waals surface area contributed by atoms with Crippen molar-refractivity contribution in [1.29, 1.82) is 0 Å². The molecule has 0 fully saturated rings. The summed E-state index contributed by atoms with van der Waals surface area (Å²) in [6, 6.07) is 14.6. The maximum Gasteiger partial charge on any atom is 0.302 e. The van der Waals surface area contributed by atoms with Crippen LogP contribution in [0, 0.1) is 17.7 Å². The minimum Gasteiger partial charge on any atom is -0.366 e. The molecule has 3 aromatic rings. The Bertz CT molecular complexity index is 1350. The molecular weight excluding hydrogens is 391 g/mol. The van der Waals surface area contributed by atoms with Crippen LogP contribution in [0.25, 0.3) is 22.3 Å². The molecule has 2 N–H and O–H groups in total. The quantitative estimate of drug-likeness (QED) is 0.506. The molecule has 152 valence electrons. The second-order valence-corrected chi connectivity index (χ2v) is 7.76. The van der Waals surface area contributed by atoms with Gasteiger partial charge in [-0.1, -0.05) is 42.3 Å². The number of fused-ring (bicyclic) bond motifs is 4. The van der Waals surface area contributed by atoms with E-state index >= 15 is 4.39 Å². The number of carbonyl (C=O) groups is 2. The lowest BCUT2D eigenvalue weighted by molar-refractivity contribution is -0.113. The van der Waals surface area contributed by atoms with E-state index in [1.165, 1.54) is 6.07 Å². The van der Waals surface area contributed by atoms with Crippen molar-refractivity contribution in [2.75, 3.05) is 11.4 Å². The second kappa shape index (κ2) is 7.10. The number of halogens is 1. The van der Waals surface area contributed by atoms with E-state index in [2.05, 4.69) is 11.8 Å². The highest BCUT2D eigenvalue weighted by atomic mass is 19.1. The fourth-order valence-corrected chi connectivity index (χ4v) is 4.70. The highest BCUT2D eigenvalue weighted by Gasteiger charge is 2.30. The fraction of sp³-hybridized carbons (Fsp3) is 0.154. The molecule has 0 spiro atoms. The monoisotopic (exact) mass is 410 g/mol. The van der Waals surface area contributed by atoms with Gasteiger partial charge in [0.25, 0.3) is 0 Å². The number of rotatable bonds is 2. The molecule has 2 aliphatic rings. The molecule has 2 amide bonds. The van der Waals surface area contributed by atoms with Gasteiger partial charge in [0.15, 0.2) is 0 Å². The van der Waals surface area contributed by atoms with E-state index in [0.29, 0.717) is 29.7 Å². The average Bonchev–Trinajstić information content (AvgIpc) is 3.34. The molecule has 4 nitrogen and oxygen atoms in total. The summed E-state index contributed by atoms with van der Waals surface area (Å²) in [6.45, 7) is 2.18. The van der Waals surface area contributed by atoms with Crippen LogP contribution < -0.4 is 10.6 Å². The first-order chi connectivity index (χ1) is 15.0. The van der Waals surface area contributed by atoms with Crippen LogP contribution in [0.2, 0.25) is 0 Å². The Morgan fingerprint density at radius 1 is 1.06 bits per heavy atom. The lowest BCUT2D eigenvalue weighted by atomic mass is 9.90. The van der Waals surface area contributed by atoms with E-state index < -0.39 is 11.7 Å².